The van der Waals surface area contributed by atoms with Crippen LogP contribution in [0.1, 0.15) is 59.3 Å². The highest BCUT2D eigenvalue weighted by molar-refractivity contribution is 6.43. The van der Waals surface area contributed by atoms with Crippen LogP contribution in [0.3, 0.4) is 0 Å². The standard InChI is InChI=1S/C24H37Cl2N3O2/c1-17-16-28(13-14-29(17)21-6-4-5-20(25)23(21)26)12-11-18-7-9-19(10-8-18)27-22(30)15-24(2,3)31/h4-6,17-19,31H,7-16H2,1-3H3,(H,27,30). The van der Waals surface area contributed by atoms with Crippen LogP contribution in [-0.4, -0.2) is 59.8 Å². The fourth-order valence-electron chi connectivity index (χ4n) is 4.94. The van der Waals surface area contributed by atoms with Crippen molar-refractivity contribution in [3.8, 4) is 0 Å². The van der Waals surface area contributed by atoms with Crippen molar-refractivity contribution in [3.05, 3.63) is 28.2 Å². The normalized spacial score (nSPS) is 25.5. The van der Waals surface area contributed by atoms with Crippen LogP contribution in [-0.2, 0) is 4.79 Å². The minimum Gasteiger partial charge on any atom is -0.390 e. The number of nitrogens with one attached hydrogen (secondary N) is 1. The maximum absolute atomic E-state index is 12.0. The molecule has 0 aromatic heterocycles. The lowest BCUT2D eigenvalue weighted by Crippen LogP contribution is -2.52. The van der Waals surface area contributed by atoms with Crippen LogP contribution in [0.4, 0.5) is 5.69 Å². The van der Waals surface area contributed by atoms with Crippen molar-refractivity contribution in [2.75, 3.05) is 31.1 Å². The number of hydrogen-bond donors (Lipinski definition) is 2. The number of aliphatic hydroxyl groups is 1. The lowest BCUT2D eigenvalue weighted by Gasteiger charge is -2.42. The number of rotatable bonds is 7. The van der Waals surface area contributed by atoms with Gasteiger partial charge in [-0.05, 0) is 77.5 Å². The summed E-state index contributed by atoms with van der Waals surface area (Å²) in [7, 11) is 0. The molecular weight excluding hydrogens is 433 g/mol. The third-order valence-corrected chi connectivity index (χ3v) is 7.42. The van der Waals surface area contributed by atoms with Crippen LogP contribution in [0.2, 0.25) is 10.0 Å². The second kappa shape index (κ2) is 10.7. The summed E-state index contributed by atoms with van der Waals surface area (Å²) >= 11 is 12.6. The van der Waals surface area contributed by atoms with Crippen molar-refractivity contribution < 1.29 is 9.90 Å². The predicted octanol–water partition coefficient (Wildman–Crippen LogP) is 4.73. The molecular formula is C24H37Cl2N3O2. The zero-order chi connectivity index (χ0) is 22.6. The lowest BCUT2D eigenvalue weighted by molar-refractivity contribution is -0.125. The van der Waals surface area contributed by atoms with E-state index in [0.29, 0.717) is 16.1 Å². The molecule has 1 aromatic rings. The van der Waals surface area contributed by atoms with Crippen molar-refractivity contribution in [2.24, 2.45) is 5.92 Å². The van der Waals surface area contributed by atoms with Gasteiger partial charge in [0.15, 0.2) is 0 Å². The molecule has 0 radical (unpaired) electrons. The SMILES string of the molecule is CC1CN(CCC2CCC(NC(=O)CC(C)(C)O)CC2)CCN1c1cccc(Cl)c1Cl. The van der Waals surface area contributed by atoms with E-state index in [1.165, 1.54) is 19.3 Å². The van der Waals surface area contributed by atoms with Crippen LogP contribution in [0.15, 0.2) is 18.2 Å². The number of piperazine rings is 1. The van der Waals surface area contributed by atoms with Crippen molar-refractivity contribution in [2.45, 2.75) is 77.0 Å². The summed E-state index contributed by atoms with van der Waals surface area (Å²) in [4.78, 5) is 17.0. The first-order chi connectivity index (χ1) is 14.6. The van der Waals surface area contributed by atoms with E-state index in [0.717, 1.165) is 50.6 Å². The number of amides is 1. The summed E-state index contributed by atoms with van der Waals surface area (Å²) in [6, 6.07) is 6.51. The molecule has 1 heterocycles. The monoisotopic (exact) mass is 469 g/mol. The average Bonchev–Trinajstić information content (AvgIpc) is 2.68. The molecule has 1 saturated carbocycles. The van der Waals surface area contributed by atoms with Gasteiger partial charge in [0.2, 0.25) is 5.91 Å². The van der Waals surface area contributed by atoms with E-state index in [-0.39, 0.29) is 18.4 Å². The highest BCUT2D eigenvalue weighted by atomic mass is 35.5. The number of carbonyl (C=O) groups is 1. The second-order valence-corrected chi connectivity index (χ2v) is 10.8. The molecule has 1 aromatic carbocycles. The zero-order valence-corrected chi connectivity index (χ0v) is 20.6. The van der Waals surface area contributed by atoms with Crippen molar-refractivity contribution in [3.63, 3.8) is 0 Å². The van der Waals surface area contributed by atoms with Gasteiger partial charge in [-0.2, -0.15) is 0 Å². The van der Waals surface area contributed by atoms with Crippen molar-refractivity contribution in [1.82, 2.24) is 10.2 Å². The Hall–Kier alpha value is -1.01. The minimum atomic E-state index is -0.944. The fourth-order valence-corrected chi connectivity index (χ4v) is 5.34. The minimum absolute atomic E-state index is 0.0392. The van der Waals surface area contributed by atoms with Gasteiger partial charge >= 0.3 is 0 Å². The Morgan fingerprint density at radius 1 is 1.19 bits per heavy atom. The quantitative estimate of drug-likeness (QED) is 0.605. The van der Waals surface area contributed by atoms with Gasteiger partial charge < -0.3 is 15.3 Å². The number of carbonyl (C=O) groups excluding carboxylic acids is 1. The van der Waals surface area contributed by atoms with Crippen molar-refractivity contribution in [1.29, 1.82) is 0 Å². The summed E-state index contributed by atoms with van der Waals surface area (Å²) in [6.07, 6.45) is 5.80. The van der Waals surface area contributed by atoms with E-state index < -0.39 is 5.60 Å². The topological polar surface area (TPSA) is 55.8 Å². The van der Waals surface area contributed by atoms with Gasteiger partial charge in [-0.15, -0.1) is 0 Å². The molecule has 31 heavy (non-hydrogen) atoms. The molecule has 3 rings (SSSR count). The first-order valence-electron chi connectivity index (χ1n) is 11.6. The number of nitrogens with zero attached hydrogens (tertiary/aromatic N) is 2. The second-order valence-electron chi connectivity index (χ2n) is 9.98. The molecule has 1 unspecified atom stereocenters. The highest BCUT2D eigenvalue weighted by Gasteiger charge is 2.28. The maximum atomic E-state index is 12.0. The molecule has 1 amide bonds. The molecule has 1 aliphatic heterocycles. The number of benzene rings is 1. The largest absolute Gasteiger partial charge is 0.390 e. The van der Waals surface area contributed by atoms with Crippen LogP contribution in [0.5, 0.6) is 0 Å². The van der Waals surface area contributed by atoms with Gasteiger partial charge in [-0.25, -0.2) is 0 Å². The molecule has 0 spiro atoms. The molecule has 2 aliphatic rings. The van der Waals surface area contributed by atoms with Gasteiger partial charge in [0, 0.05) is 31.7 Å². The Labute approximate surface area is 197 Å². The Bertz CT molecular complexity index is 745. The van der Waals surface area contributed by atoms with Gasteiger partial charge in [0.1, 0.15) is 0 Å². The van der Waals surface area contributed by atoms with Gasteiger partial charge in [0.25, 0.3) is 0 Å². The summed E-state index contributed by atoms with van der Waals surface area (Å²) in [5.41, 5.74) is 0.0897. The molecule has 1 aliphatic carbocycles. The molecule has 5 nitrogen and oxygen atoms in total. The Balaban J connectivity index is 1.38. The van der Waals surface area contributed by atoms with Crippen LogP contribution in [0, 0.1) is 5.92 Å². The van der Waals surface area contributed by atoms with Crippen LogP contribution >= 0.6 is 23.2 Å². The van der Waals surface area contributed by atoms with E-state index >= 15 is 0 Å². The lowest BCUT2D eigenvalue weighted by atomic mass is 9.84. The fraction of sp³-hybridized carbons (Fsp3) is 0.708. The smallest absolute Gasteiger partial charge is 0.223 e. The highest BCUT2D eigenvalue weighted by Crippen LogP contribution is 2.34. The molecule has 1 saturated heterocycles. The molecule has 174 valence electrons. The van der Waals surface area contributed by atoms with Crippen molar-refractivity contribution >= 4 is 34.8 Å². The van der Waals surface area contributed by atoms with Crippen LogP contribution < -0.4 is 10.2 Å². The molecule has 7 heteroatoms. The molecule has 2 N–H and O–H groups in total. The van der Waals surface area contributed by atoms with Gasteiger partial charge in [0.05, 0.1) is 27.8 Å². The third kappa shape index (κ3) is 7.24. The molecule has 2 fully saturated rings. The number of halogens is 2. The Morgan fingerprint density at radius 2 is 1.90 bits per heavy atom. The van der Waals surface area contributed by atoms with E-state index in [1.54, 1.807) is 13.8 Å². The summed E-state index contributed by atoms with van der Waals surface area (Å²) < 4.78 is 0. The molecule has 1 atom stereocenters. The first-order valence-corrected chi connectivity index (χ1v) is 12.3. The summed E-state index contributed by atoms with van der Waals surface area (Å²) in [5.74, 6) is 0.695. The van der Waals surface area contributed by atoms with Gasteiger partial charge in [-0.1, -0.05) is 29.3 Å². The first kappa shape index (κ1) is 24.6. The van der Waals surface area contributed by atoms with Gasteiger partial charge in [-0.3, -0.25) is 9.69 Å². The predicted molar refractivity (Wildman–Crippen MR) is 129 cm³/mol. The van der Waals surface area contributed by atoms with E-state index in [9.17, 15) is 9.90 Å². The Morgan fingerprint density at radius 3 is 2.55 bits per heavy atom. The average molecular weight is 470 g/mol. The zero-order valence-electron chi connectivity index (χ0n) is 19.0. The maximum Gasteiger partial charge on any atom is 0.223 e. The third-order valence-electron chi connectivity index (χ3n) is 6.61. The summed E-state index contributed by atoms with van der Waals surface area (Å²) in [6.45, 7) is 9.76. The number of anilines is 1. The van der Waals surface area contributed by atoms with Crippen LogP contribution in [0.25, 0.3) is 0 Å². The summed E-state index contributed by atoms with van der Waals surface area (Å²) in [5, 5.41) is 14.2. The van der Waals surface area contributed by atoms with E-state index in [1.807, 2.05) is 12.1 Å². The van der Waals surface area contributed by atoms with E-state index in [2.05, 4.69) is 28.1 Å². The number of hydrogen-bond acceptors (Lipinski definition) is 4. The van der Waals surface area contributed by atoms with E-state index in [4.69, 9.17) is 23.2 Å². The molecule has 0 bridgehead atoms. The Kier molecular flexibility index (Phi) is 8.53.